The Hall–Kier alpha value is -2.34. The fraction of sp³-hybridized carbons (Fsp3) is 0.706. The minimum absolute atomic E-state index is 0.264. The molecule has 0 rings (SSSR count). The van der Waals surface area contributed by atoms with E-state index in [1.165, 1.54) is 18.7 Å². The average Bonchev–Trinajstić information content (AvgIpc) is 2.60. The minimum Gasteiger partial charge on any atom is -0.480 e. The third kappa shape index (κ3) is 10.1. The number of hydrogen-bond donors (Lipinski definition) is 6. The number of nitrogens with one attached hydrogen (secondary N) is 3. The summed E-state index contributed by atoms with van der Waals surface area (Å²) in [6.07, 6.45) is 1.56. The second-order valence-electron chi connectivity index (χ2n) is 6.93. The van der Waals surface area contributed by atoms with Crippen molar-refractivity contribution in [2.45, 2.75) is 57.8 Å². The monoisotopic (exact) mass is 433 g/mol. The first-order valence-electron chi connectivity index (χ1n) is 9.07. The molecule has 12 heteroatoms. The molecule has 0 saturated heterocycles. The molecule has 4 amide bonds. The zero-order valence-electron chi connectivity index (χ0n) is 17.1. The molecule has 0 heterocycles. The lowest BCUT2D eigenvalue weighted by Crippen LogP contribution is -2.58. The molecule has 4 unspecified atom stereocenters. The summed E-state index contributed by atoms with van der Waals surface area (Å²) in [5.41, 5.74) is 10.7. The van der Waals surface area contributed by atoms with Gasteiger partial charge >= 0.3 is 5.97 Å². The Bertz CT molecular complexity index is 613. The van der Waals surface area contributed by atoms with Gasteiger partial charge in [0.2, 0.25) is 23.6 Å². The van der Waals surface area contributed by atoms with Crippen LogP contribution in [0.3, 0.4) is 0 Å². The van der Waals surface area contributed by atoms with Gasteiger partial charge in [-0.15, -0.1) is 0 Å². The van der Waals surface area contributed by atoms with Crippen LogP contribution in [0.4, 0.5) is 0 Å². The summed E-state index contributed by atoms with van der Waals surface area (Å²) in [5, 5.41) is 16.4. The van der Waals surface area contributed by atoms with Crippen LogP contribution in [0, 0.1) is 5.92 Å². The van der Waals surface area contributed by atoms with E-state index in [2.05, 4.69) is 16.0 Å². The highest BCUT2D eigenvalue weighted by Crippen LogP contribution is 2.06. The van der Waals surface area contributed by atoms with Crippen molar-refractivity contribution < 1.29 is 29.1 Å². The molecule has 8 N–H and O–H groups in total. The van der Waals surface area contributed by atoms with Crippen molar-refractivity contribution in [2.24, 2.45) is 17.4 Å². The predicted octanol–water partition coefficient (Wildman–Crippen LogP) is -1.84. The molecule has 0 aliphatic carbocycles. The lowest BCUT2D eigenvalue weighted by atomic mass is 10.0. The summed E-state index contributed by atoms with van der Waals surface area (Å²) in [4.78, 5) is 59.6. The summed E-state index contributed by atoms with van der Waals surface area (Å²) in [6, 6.07) is -4.42. The maximum Gasteiger partial charge on any atom is 0.326 e. The molecule has 0 aromatic heterocycles. The Labute approximate surface area is 174 Å². The lowest BCUT2D eigenvalue weighted by molar-refractivity contribution is -0.143. The van der Waals surface area contributed by atoms with Gasteiger partial charge in [-0.2, -0.15) is 11.8 Å². The van der Waals surface area contributed by atoms with Crippen LogP contribution in [-0.4, -0.2) is 70.9 Å². The van der Waals surface area contributed by atoms with Gasteiger partial charge in [-0.25, -0.2) is 4.79 Å². The van der Waals surface area contributed by atoms with E-state index in [0.29, 0.717) is 5.75 Å². The number of carboxylic acid groups (broad SMARTS) is 1. The van der Waals surface area contributed by atoms with Crippen molar-refractivity contribution in [1.29, 1.82) is 0 Å². The largest absolute Gasteiger partial charge is 0.480 e. The number of carbonyl (C=O) groups excluding carboxylic acids is 4. The number of nitrogens with two attached hydrogens (primary N) is 2. The van der Waals surface area contributed by atoms with Crippen molar-refractivity contribution in [3.05, 3.63) is 0 Å². The zero-order valence-corrected chi connectivity index (χ0v) is 17.9. The number of primary amides is 1. The number of hydrogen-bond acceptors (Lipinski definition) is 7. The minimum atomic E-state index is -1.38. The summed E-state index contributed by atoms with van der Waals surface area (Å²) >= 11 is 1.45. The summed E-state index contributed by atoms with van der Waals surface area (Å²) in [6.45, 7) is 4.66. The lowest BCUT2D eigenvalue weighted by Gasteiger charge is -2.25. The Kier molecular flexibility index (Phi) is 11.9. The molecule has 4 atom stereocenters. The molecule has 11 nitrogen and oxygen atoms in total. The molecular formula is C17H31N5O6S. The van der Waals surface area contributed by atoms with Gasteiger partial charge in [0.15, 0.2) is 0 Å². The van der Waals surface area contributed by atoms with Crippen molar-refractivity contribution >= 4 is 41.4 Å². The van der Waals surface area contributed by atoms with Crippen LogP contribution in [0.5, 0.6) is 0 Å². The molecule has 0 aromatic rings. The van der Waals surface area contributed by atoms with Gasteiger partial charge < -0.3 is 32.5 Å². The highest BCUT2D eigenvalue weighted by atomic mass is 32.2. The van der Waals surface area contributed by atoms with Crippen LogP contribution in [-0.2, 0) is 24.0 Å². The molecule has 29 heavy (non-hydrogen) atoms. The smallest absolute Gasteiger partial charge is 0.326 e. The summed E-state index contributed by atoms with van der Waals surface area (Å²) in [5.74, 6) is -4.11. The van der Waals surface area contributed by atoms with E-state index in [1.807, 2.05) is 6.26 Å². The number of rotatable bonds is 13. The zero-order chi connectivity index (χ0) is 22.7. The SMILES string of the molecule is CSCCC(NC(=O)C(C)N)C(=O)NC(CC(N)=O)C(=O)NC(C(=O)O)C(C)C. The predicted molar refractivity (Wildman–Crippen MR) is 109 cm³/mol. The highest BCUT2D eigenvalue weighted by molar-refractivity contribution is 7.98. The third-order valence-electron chi connectivity index (χ3n) is 3.93. The van der Waals surface area contributed by atoms with Crippen LogP contribution in [0.15, 0.2) is 0 Å². The summed E-state index contributed by atoms with van der Waals surface area (Å²) in [7, 11) is 0. The molecule has 0 fully saturated rings. The second-order valence-corrected chi connectivity index (χ2v) is 7.92. The van der Waals surface area contributed by atoms with E-state index >= 15 is 0 Å². The first-order chi connectivity index (χ1) is 13.4. The molecule has 166 valence electrons. The molecule has 0 aliphatic rings. The molecule has 0 radical (unpaired) electrons. The number of amides is 4. The first kappa shape index (κ1) is 26.7. The standard InChI is InChI=1S/C17H31N5O6S/c1-8(2)13(17(27)28)22-16(26)11(7-12(19)23)21-15(25)10(5-6-29-4)20-14(24)9(3)18/h8-11,13H,5-7,18H2,1-4H3,(H2,19,23)(H,20,24)(H,21,25)(H,22,26)(H,27,28). The Balaban J connectivity index is 5.39. The van der Waals surface area contributed by atoms with Crippen molar-refractivity contribution in [1.82, 2.24) is 16.0 Å². The van der Waals surface area contributed by atoms with E-state index in [4.69, 9.17) is 11.5 Å². The van der Waals surface area contributed by atoms with E-state index in [1.54, 1.807) is 13.8 Å². The molecule has 0 aliphatic heterocycles. The van der Waals surface area contributed by atoms with Crippen LogP contribution in [0.25, 0.3) is 0 Å². The molecule has 0 aromatic carbocycles. The van der Waals surface area contributed by atoms with Crippen LogP contribution in [0.1, 0.15) is 33.6 Å². The van der Waals surface area contributed by atoms with E-state index < -0.39 is 66.1 Å². The molecular weight excluding hydrogens is 402 g/mol. The Morgan fingerprint density at radius 1 is 0.931 bits per heavy atom. The quantitative estimate of drug-likeness (QED) is 0.195. The van der Waals surface area contributed by atoms with Gasteiger partial charge in [-0.3, -0.25) is 19.2 Å². The third-order valence-corrected chi connectivity index (χ3v) is 4.57. The van der Waals surface area contributed by atoms with Crippen LogP contribution >= 0.6 is 11.8 Å². The number of carboxylic acids is 1. The van der Waals surface area contributed by atoms with E-state index in [0.717, 1.165) is 0 Å². The molecule has 0 bridgehead atoms. The maximum atomic E-state index is 12.6. The number of thioether (sulfide) groups is 1. The van der Waals surface area contributed by atoms with Crippen LogP contribution in [0.2, 0.25) is 0 Å². The van der Waals surface area contributed by atoms with Crippen molar-refractivity contribution in [2.75, 3.05) is 12.0 Å². The number of aliphatic carboxylic acids is 1. The van der Waals surface area contributed by atoms with E-state index in [-0.39, 0.29) is 6.42 Å². The molecule has 0 saturated carbocycles. The fourth-order valence-electron chi connectivity index (χ4n) is 2.26. The number of carbonyl (C=O) groups is 5. The van der Waals surface area contributed by atoms with Crippen molar-refractivity contribution in [3.8, 4) is 0 Å². The molecule has 0 spiro atoms. The van der Waals surface area contributed by atoms with Gasteiger partial charge in [-0.1, -0.05) is 13.8 Å². The van der Waals surface area contributed by atoms with Gasteiger partial charge in [0, 0.05) is 0 Å². The highest BCUT2D eigenvalue weighted by Gasteiger charge is 2.31. The Morgan fingerprint density at radius 2 is 1.45 bits per heavy atom. The normalized spacial score (nSPS) is 15.0. The van der Waals surface area contributed by atoms with E-state index in [9.17, 15) is 29.1 Å². The topological polar surface area (TPSA) is 194 Å². The van der Waals surface area contributed by atoms with Gasteiger partial charge in [0.25, 0.3) is 0 Å². The second kappa shape index (κ2) is 13.0. The van der Waals surface area contributed by atoms with Crippen LogP contribution < -0.4 is 27.4 Å². The first-order valence-corrected chi connectivity index (χ1v) is 10.5. The van der Waals surface area contributed by atoms with Crippen molar-refractivity contribution in [3.63, 3.8) is 0 Å². The average molecular weight is 434 g/mol. The van der Waals surface area contributed by atoms with Gasteiger partial charge in [0.1, 0.15) is 18.1 Å². The van der Waals surface area contributed by atoms with Gasteiger partial charge in [0.05, 0.1) is 12.5 Å². The Morgan fingerprint density at radius 3 is 1.86 bits per heavy atom. The maximum absolute atomic E-state index is 12.6. The fourth-order valence-corrected chi connectivity index (χ4v) is 2.73. The summed E-state index contributed by atoms with van der Waals surface area (Å²) < 4.78 is 0. The van der Waals surface area contributed by atoms with Gasteiger partial charge in [-0.05, 0) is 31.3 Å².